The summed E-state index contributed by atoms with van der Waals surface area (Å²) in [5, 5.41) is 0.392. The fourth-order valence-electron chi connectivity index (χ4n) is 2.89. The van der Waals surface area contributed by atoms with Crippen molar-refractivity contribution in [3.63, 3.8) is 0 Å². The molecule has 1 aliphatic rings. The molecule has 0 bridgehead atoms. The Labute approximate surface area is 159 Å². The van der Waals surface area contributed by atoms with Crippen molar-refractivity contribution < 1.29 is 8.42 Å². The molecule has 0 radical (unpaired) electrons. The Hall–Kier alpha value is -1.01. The van der Waals surface area contributed by atoms with Gasteiger partial charge in [0.15, 0.2) is 0 Å². The van der Waals surface area contributed by atoms with Gasteiger partial charge in [0.25, 0.3) is 0 Å². The van der Waals surface area contributed by atoms with Gasteiger partial charge >= 0.3 is 0 Å². The minimum atomic E-state index is -3.54. The molecule has 1 atom stereocenters. The lowest BCUT2D eigenvalue weighted by molar-refractivity contribution is 0.434. The smallest absolute Gasteiger partial charge is 0.207 e. The lowest BCUT2D eigenvalue weighted by atomic mass is 9.87. The van der Waals surface area contributed by atoms with Crippen LogP contribution in [0.2, 0.25) is 5.02 Å². The summed E-state index contributed by atoms with van der Waals surface area (Å²) in [6, 6.07) is 14.7. The van der Waals surface area contributed by atoms with E-state index < -0.39 is 10.0 Å². The highest BCUT2D eigenvalue weighted by Gasteiger charge is 2.37. The molecule has 0 N–H and O–H groups in total. The molecular weight excluding hydrogens is 374 g/mol. The first-order valence-electron chi connectivity index (χ1n) is 8.19. The molecule has 0 saturated carbocycles. The number of benzene rings is 2. The molecule has 1 saturated heterocycles. The maximum atomic E-state index is 13.1. The number of hydrogen-bond acceptors (Lipinski definition) is 3. The molecule has 0 amide bonds. The van der Waals surface area contributed by atoms with Crippen molar-refractivity contribution in [1.29, 1.82) is 0 Å². The Bertz CT molecular complexity index is 858. The normalized spacial score (nSPS) is 19.3. The van der Waals surface area contributed by atoms with E-state index in [1.165, 1.54) is 0 Å². The quantitative estimate of drug-likeness (QED) is 0.727. The summed E-state index contributed by atoms with van der Waals surface area (Å²) in [7, 11) is -3.54. The minimum Gasteiger partial charge on any atom is -0.207 e. The predicted octanol–water partition coefficient (Wildman–Crippen LogP) is 5.07. The molecule has 25 heavy (non-hydrogen) atoms. The van der Waals surface area contributed by atoms with Crippen molar-refractivity contribution in [1.82, 2.24) is 4.31 Å². The van der Waals surface area contributed by atoms with E-state index in [1.807, 2.05) is 30.3 Å². The van der Waals surface area contributed by atoms with Crippen LogP contribution in [-0.4, -0.2) is 25.0 Å². The fraction of sp³-hybridized carbons (Fsp3) is 0.368. The maximum absolute atomic E-state index is 13.1. The van der Waals surface area contributed by atoms with Gasteiger partial charge in [-0.05, 0) is 40.8 Å². The zero-order valence-electron chi connectivity index (χ0n) is 14.6. The highest BCUT2D eigenvalue weighted by molar-refractivity contribution is 8.01. The summed E-state index contributed by atoms with van der Waals surface area (Å²) in [5.41, 5.74) is 2.04. The van der Waals surface area contributed by atoms with Crippen LogP contribution in [0, 0.1) is 0 Å². The Balaban J connectivity index is 1.93. The van der Waals surface area contributed by atoms with E-state index in [1.54, 1.807) is 34.3 Å². The summed E-state index contributed by atoms with van der Waals surface area (Å²) in [4.78, 5) is 0.343. The van der Waals surface area contributed by atoms with Gasteiger partial charge in [0.2, 0.25) is 10.0 Å². The van der Waals surface area contributed by atoms with Crippen LogP contribution in [0.25, 0.3) is 0 Å². The van der Waals surface area contributed by atoms with E-state index in [9.17, 15) is 8.42 Å². The number of nitrogens with zero attached hydrogens (tertiary/aromatic N) is 1. The van der Waals surface area contributed by atoms with Crippen molar-refractivity contribution in [2.75, 3.05) is 12.3 Å². The number of sulfonamides is 1. The number of halogens is 1. The summed E-state index contributed by atoms with van der Waals surface area (Å²) in [5.74, 6) is 0.774. The molecule has 3 rings (SSSR count). The lowest BCUT2D eigenvalue weighted by Gasteiger charge is -2.24. The zero-order valence-corrected chi connectivity index (χ0v) is 17.0. The molecule has 3 nitrogen and oxygen atoms in total. The molecule has 2 aromatic rings. The third-order valence-electron chi connectivity index (χ3n) is 4.31. The predicted molar refractivity (Wildman–Crippen MR) is 106 cm³/mol. The highest BCUT2D eigenvalue weighted by Crippen LogP contribution is 2.42. The minimum absolute atomic E-state index is 0.00485. The average molecular weight is 396 g/mol. The van der Waals surface area contributed by atoms with Crippen molar-refractivity contribution in [3.05, 3.63) is 64.7 Å². The summed E-state index contributed by atoms with van der Waals surface area (Å²) < 4.78 is 27.9. The maximum Gasteiger partial charge on any atom is 0.244 e. The second-order valence-corrected chi connectivity index (χ2v) is 10.7. The third-order valence-corrected chi connectivity index (χ3v) is 7.82. The van der Waals surface area contributed by atoms with Crippen molar-refractivity contribution in [2.24, 2.45) is 0 Å². The van der Waals surface area contributed by atoms with Gasteiger partial charge in [-0.1, -0.05) is 56.6 Å². The van der Waals surface area contributed by atoms with E-state index in [-0.39, 0.29) is 10.8 Å². The van der Waals surface area contributed by atoms with Crippen LogP contribution in [-0.2, 0) is 15.4 Å². The van der Waals surface area contributed by atoms with Crippen LogP contribution in [0.4, 0.5) is 0 Å². The second-order valence-electron chi connectivity index (χ2n) is 7.17. The van der Waals surface area contributed by atoms with Crippen molar-refractivity contribution >= 4 is 33.4 Å². The van der Waals surface area contributed by atoms with Gasteiger partial charge in [-0.15, -0.1) is 11.8 Å². The average Bonchev–Trinajstić information content (AvgIpc) is 3.04. The molecule has 1 heterocycles. The molecular formula is C19H22ClNO2S2. The van der Waals surface area contributed by atoms with Crippen LogP contribution in [0.3, 0.4) is 0 Å². The molecule has 0 spiro atoms. The molecule has 0 aromatic heterocycles. The monoisotopic (exact) mass is 395 g/mol. The first-order chi connectivity index (χ1) is 11.7. The van der Waals surface area contributed by atoms with Gasteiger partial charge in [0, 0.05) is 17.3 Å². The standard InChI is InChI=1S/C19H22ClNO2S2/c1-19(2,3)15-7-9-17(10-8-15)25(22,23)21-11-12-24-18(21)14-5-4-6-16(20)13-14/h4-10,13,18H,11-12H2,1-3H3. The van der Waals surface area contributed by atoms with Crippen LogP contribution in [0.1, 0.15) is 37.3 Å². The van der Waals surface area contributed by atoms with E-state index >= 15 is 0 Å². The Morgan fingerprint density at radius 2 is 1.80 bits per heavy atom. The molecule has 134 valence electrons. The van der Waals surface area contributed by atoms with Crippen LogP contribution in [0.5, 0.6) is 0 Å². The largest absolute Gasteiger partial charge is 0.244 e. The van der Waals surface area contributed by atoms with Gasteiger partial charge in [0.1, 0.15) is 0 Å². The van der Waals surface area contributed by atoms with E-state index in [2.05, 4.69) is 20.8 Å². The van der Waals surface area contributed by atoms with Gasteiger partial charge in [-0.25, -0.2) is 8.42 Å². The van der Waals surface area contributed by atoms with Gasteiger partial charge in [-0.2, -0.15) is 4.31 Å². The van der Waals surface area contributed by atoms with Crippen LogP contribution < -0.4 is 0 Å². The van der Waals surface area contributed by atoms with Gasteiger partial charge in [0.05, 0.1) is 10.3 Å². The molecule has 2 aromatic carbocycles. The summed E-state index contributed by atoms with van der Waals surface area (Å²) in [6.45, 7) is 6.85. The molecule has 6 heteroatoms. The Morgan fingerprint density at radius 1 is 1.12 bits per heavy atom. The molecule has 1 aliphatic heterocycles. The Kier molecular flexibility index (Phi) is 5.22. The van der Waals surface area contributed by atoms with Gasteiger partial charge < -0.3 is 0 Å². The van der Waals surface area contributed by atoms with Crippen molar-refractivity contribution in [3.8, 4) is 0 Å². The first kappa shape index (κ1) is 18.8. The van der Waals surface area contributed by atoms with Crippen molar-refractivity contribution in [2.45, 2.75) is 36.5 Å². The topological polar surface area (TPSA) is 37.4 Å². The third kappa shape index (κ3) is 3.90. The summed E-state index contributed by atoms with van der Waals surface area (Å²) >= 11 is 7.71. The number of rotatable bonds is 3. The van der Waals surface area contributed by atoms with E-state index in [0.29, 0.717) is 16.5 Å². The Morgan fingerprint density at radius 3 is 2.40 bits per heavy atom. The zero-order chi connectivity index (χ0) is 18.2. The molecule has 1 unspecified atom stereocenters. The van der Waals surface area contributed by atoms with Crippen LogP contribution >= 0.6 is 23.4 Å². The SMILES string of the molecule is CC(C)(C)c1ccc(S(=O)(=O)N2CCSC2c2cccc(Cl)c2)cc1. The number of thioether (sulfide) groups is 1. The number of hydrogen-bond donors (Lipinski definition) is 0. The fourth-order valence-corrected chi connectivity index (χ4v) is 6.32. The first-order valence-corrected chi connectivity index (χ1v) is 11.1. The van der Waals surface area contributed by atoms with E-state index in [4.69, 9.17) is 11.6 Å². The van der Waals surface area contributed by atoms with Crippen LogP contribution in [0.15, 0.2) is 53.4 Å². The van der Waals surface area contributed by atoms with E-state index in [0.717, 1.165) is 16.9 Å². The lowest BCUT2D eigenvalue weighted by Crippen LogP contribution is -2.30. The van der Waals surface area contributed by atoms with Gasteiger partial charge in [-0.3, -0.25) is 0 Å². The summed E-state index contributed by atoms with van der Waals surface area (Å²) in [6.07, 6.45) is 0. The molecule has 0 aliphatic carbocycles. The molecule has 1 fully saturated rings. The second kappa shape index (κ2) is 6.95. The highest BCUT2D eigenvalue weighted by atomic mass is 35.5.